The topological polar surface area (TPSA) is 77.1 Å². The number of halogens is 2. The highest BCUT2D eigenvalue weighted by molar-refractivity contribution is 6.35. The minimum absolute atomic E-state index is 0.222. The molecule has 3 aromatic rings. The van der Waals surface area contributed by atoms with Crippen LogP contribution in [0, 0.1) is 0 Å². The van der Waals surface area contributed by atoms with Crippen LogP contribution in [0.3, 0.4) is 0 Å². The molecule has 0 radical (unpaired) electrons. The van der Waals surface area contributed by atoms with Crippen molar-refractivity contribution >= 4 is 34.9 Å². The maximum Gasteiger partial charge on any atom is 0.258 e. The maximum atomic E-state index is 12.2. The van der Waals surface area contributed by atoms with Crippen molar-refractivity contribution in [2.45, 2.75) is 6.54 Å². The Balaban J connectivity index is 1.86. The van der Waals surface area contributed by atoms with Crippen LogP contribution in [0.1, 0.15) is 15.9 Å². The number of amides is 1. The van der Waals surface area contributed by atoms with Crippen molar-refractivity contribution in [3.05, 3.63) is 80.4 Å². The fourth-order valence-electron chi connectivity index (χ4n) is 2.09. The van der Waals surface area contributed by atoms with E-state index in [-0.39, 0.29) is 12.1 Å². The molecule has 0 aliphatic carbocycles. The minimum atomic E-state index is -0.403. The van der Waals surface area contributed by atoms with E-state index < -0.39 is 5.91 Å². The Morgan fingerprint density at radius 2 is 2.04 bits per heavy atom. The summed E-state index contributed by atoms with van der Waals surface area (Å²) in [5.41, 5.74) is 0.777. The number of carbonyl (C=O) groups excluding carboxylic acids is 1. The second-order valence-electron chi connectivity index (χ2n) is 4.96. The molecule has 0 saturated carbocycles. The largest absolute Gasteiger partial charge is 0.363 e. The van der Waals surface area contributed by atoms with Crippen LogP contribution < -0.4 is 10.9 Å². The van der Waals surface area contributed by atoms with Gasteiger partial charge < -0.3 is 14.4 Å². The zero-order valence-electron chi connectivity index (χ0n) is 12.2. The zero-order valence-corrected chi connectivity index (χ0v) is 13.7. The Morgan fingerprint density at radius 1 is 1.21 bits per heavy atom. The summed E-state index contributed by atoms with van der Waals surface area (Å²) >= 11 is 12.0. The van der Waals surface area contributed by atoms with Gasteiger partial charge in [0.2, 0.25) is 0 Å². The number of hydrogen-bond acceptors (Lipinski definition) is 4. The fraction of sp³-hybridized carbons (Fsp3) is 0.0625. The summed E-state index contributed by atoms with van der Waals surface area (Å²) in [6, 6.07) is 9.31. The van der Waals surface area contributed by atoms with Gasteiger partial charge in [-0.2, -0.15) is 0 Å². The van der Waals surface area contributed by atoms with Gasteiger partial charge in [-0.15, -0.1) is 0 Å². The van der Waals surface area contributed by atoms with Gasteiger partial charge in [0, 0.05) is 28.4 Å². The Labute approximate surface area is 146 Å². The lowest BCUT2D eigenvalue weighted by Crippen LogP contribution is -2.22. The van der Waals surface area contributed by atoms with Crippen molar-refractivity contribution in [1.82, 2.24) is 9.72 Å². The first kappa shape index (κ1) is 16.3. The molecule has 0 saturated heterocycles. The Kier molecular flexibility index (Phi) is 4.69. The molecule has 0 bridgehead atoms. The van der Waals surface area contributed by atoms with E-state index in [0.29, 0.717) is 21.4 Å². The molecule has 1 N–H and O–H groups in total. The summed E-state index contributed by atoms with van der Waals surface area (Å²) in [4.78, 5) is 24.2. The number of anilines is 1. The number of rotatable bonds is 4. The zero-order chi connectivity index (χ0) is 17.1. The van der Waals surface area contributed by atoms with Crippen molar-refractivity contribution in [2.75, 3.05) is 5.32 Å². The van der Waals surface area contributed by atoms with Gasteiger partial charge in [0.15, 0.2) is 5.82 Å². The first-order valence-electron chi connectivity index (χ1n) is 6.89. The number of nitrogens with one attached hydrogen (secondary N) is 1. The summed E-state index contributed by atoms with van der Waals surface area (Å²) < 4.78 is 6.05. The summed E-state index contributed by atoms with van der Waals surface area (Å²) in [6.45, 7) is 0.222. The molecule has 0 fully saturated rings. The van der Waals surface area contributed by atoms with Gasteiger partial charge in [-0.05, 0) is 23.8 Å². The van der Waals surface area contributed by atoms with E-state index in [4.69, 9.17) is 23.2 Å². The predicted octanol–water partition coefficient (Wildman–Crippen LogP) is 3.44. The standard InChI is InChI=1S/C16H11Cl2N3O3/c17-12-3-1-10(13(18)7-12)8-21-9-11(2-4-15(21)22)16(23)19-14-5-6-24-20-14/h1-7,9H,8H2,(H,19,20,23). The molecule has 0 aliphatic rings. The average molecular weight is 364 g/mol. The van der Waals surface area contributed by atoms with E-state index in [1.807, 2.05) is 0 Å². The molecule has 3 rings (SSSR count). The maximum absolute atomic E-state index is 12.2. The van der Waals surface area contributed by atoms with Crippen LogP contribution in [0.25, 0.3) is 0 Å². The van der Waals surface area contributed by atoms with Gasteiger partial charge in [0.25, 0.3) is 11.5 Å². The Hall–Kier alpha value is -2.57. The predicted molar refractivity (Wildman–Crippen MR) is 90.7 cm³/mol. The Bertz CT molecular complexity index is 936. The fourth-order valence-corrected chi connectivity index (χ4v) is 2.56. The molecular weight excluding hydrogens is 353 g/mol. The minimum Gasteiger partial charge on any atom is -0.363 e. The average Bonchev–Trinajstić information content (AvgIpc) is 3.04. The van der Waals surface area contributed by atoms with Crippen molar-refractivity contribution < 1.29 is 9.32 Å². The van der Waals surface area contributed by atoms with Crippen LogP contribution >= 0.6 is 23.2 Å². The monoisotopic (exact) mass is 363 g/mol. The van der Waals surface area contributed by atoms with Gasteiger partial charge in [0.1, 0.15) is 6.26 Å². The van der Waals surface area contributed by atoms with E-state index in [1.54, 1.807) is 18.2 Å². The van der Waals surface area contributed by atoms with E-state index in [9.17, 15) is 9.59 Å². The number of benzene rings is 1. The van der Waals surface area contributed by atoms with Crippen molar-refractivity contribution in [3.8, 4) is 0 Å². The van der Waals surface area contributed by atoms with Crippen LogP contribution in [-0.4, -0.2) is 15.6 Å². The number of hydrogen-bond donors (Lipinski definition) is 1. The molecule has 0 aliphatic heterocycles. The summed E-state index contributed by atoms with van der Waals surface area (Å²) in [6.07, 6.45) is 2.81. The van der Waals surface area contributed by atoms with Crippen LogP contribution in [0.2, 0.25) is 10.0 Å². The molecule has 1 amide bonds. The van der Waals surface area contributed by atoms with Crippen LogP contribution in [-0.2, 0) is 6.54 Å². The second-order valence-corrected chi connectivity index (χ2v) is 5.80. The molecule has 8 heteroatoms. The molecule has 122 valence electrons. The quantitative estimate of drug-likeness (QED) is 0.769. The third-order valence-electron chi connectivity index (χ3n) is 3.28. The lowest BCUT2D eigenvalue weighted by atomic mass is 10.2. The molecule has 24 heavy (non-hydrogen) atoms. The lowest BCUT2D eigenvalue weighted by molar-refractivity contribution is 0.102. The van der Waals surface area contributed by atoms with E-state index in [1.165, 1.54) is 35.2 Å². The summed E-state index contributed by atoms with van der Waals surface area (Å²) in [7, 11) is 0. The van der Waals surface area contributed by atoms with E-state index >= 15 is 0 Å². The first-order chi connectivity index (χ1) is 11.5. The molecule has 1 aromatic carbocycles. The molecule has 0 spiro atoms. The number of pyridine rings is 1. The number of nitrogens with zero attached hydrogens (tertiary/aromatic N) is 2. The van der Waals surface area contributed by atoms with Crippen LogP contribution in [0.5, 0.6) is 0 Å². The van der Waals surface area contributed by atoms with Gasteiger partial charge in [-0.3, -0.25) is 9.59 Å². The first-order valence-corrected chi connectivity index (χ1v) is 7.65. The van der Waals surface area contributed by atoms with Gasteiger partial charge in [-0.25, -0.2) is 0 Å². The van der Waals surface area contributed by atoms with Gasteiger partial charge >= 0.3 is 0 Å². The molecule has 6 nitrogen and oxygen atoms in total. The molecule has 0 unspecified atom stereocenters. The molecule has 2 heterocycles. The highest BCUT2D eigenvalue weighted by Crippen LogP contribution is 2.21. The second kappa shape index (κ2) is 6.90. The highest BCUT2D eigenvalue weighted by atomic mass is 35.5. The smallest absolute Gasteiger partial charge is 0.258 e. The van der Waals surface area contributed by atoms with Gasteiger partial charge in [0.05, 0.1) is 12.1 Å². The third kappa shape index (κ3) is 3.67. The Morgan fingerprint density at radius 3 is 2.75 bits per heavy atom. The number of carbonyl (C=O) groups is 1. The van der Waals surface area contributed by atoms with Crippen LogP contribution in [0.15, 0.2) is 58.2 Å². The molecule has 2 aromatic heterocycles. The SMILES string of the molecule is O=C(Nc1ccon1)c1ccc(=O)n(Cc2ccc(Cl)cc2Cl)c1. The van der Waals surface area contributed by atoms with Crippen molar-refractivity contribution in [1.29, 1.82) is 0 Å². The van der Waals surface area contributed by atoms with Gasteiger partial charge in [-0.1, -0.05) is 34.4 Å². The van der Waals surface area contributed by atoms with Crippen LogP contribution in [0.4, 0.5) is 5.82 Å². The summed E-state index contributed by atoms with van der Waals surface area (Å²) in [5.74, 6) is -0.113. The highest BCUT2D eigenvalue weighted by Gasteiger charge is 2.11. The normalized spacial score (nSPS) is 10.6. The summed E-state index contributed by atoms with van der Waals surface area (Å²) in [5, 5.41) is 7.13. The lowest BCUT2D eigenvalue weighted by Gasteiger charge is -2.10. The van der Waals surface area contributed by atoms with E-state index in [0.717, 1.165) is 5.56 Å². The third-order valence-corrected chi connectivity index (χ3v) is 3.87. The van der Waals surface area contributed by atoms with Crippen molar-refractivity contribution in [2.24, 2.45) is 0 Å². The van der Waals surface area contributed by atoms with Crippen molar-refractivity contribution in [3.63, 3.8) is 0 Å². The molecular formula is C16H11Cl2N3O3. The number of aromatic nitrogens is 2. The van der Waals surface area contributed by atoms with E-state index in [2.05, 4.69) is 15.0 Å². The molecule has 0 atom stereocenters.